The van der Waals surface area contributed by atoms with E-state index in [-0.39, 0.29) is 11.5 Å². The van der Waals surface area contributed by atoms with Crippen molar-refractivity contribution in [3.05, 3.63) is 24.2 Å². The molecule has 38 heavy (non-hydrogen) atoms. The third-order valence-electron chi connectivity index (χ3n) is 5.01. The summed E-state index contributed by atoms with van der Waals surface area (Å²) in [6.45, 7) is 8.43. The zero-order valence-corrected chi connectivity index (χ0v) is 22.7. The zero-order chi connectivity index (χ0) is 28.5. The summed E-state index contributed by atoms with van der Waals surface area (Å²) in [4.78, 5) is 16.0. The molecule has 0 amide bonds. The van der Waals surface area contributed by atoms with Crippen LogP contribution in [0.25, 0.3) is 5.52 Å². The number of carbonyl (C=O) groups is 1. The Labute approximate surface area is 219 Å². The van der Waals surface area contributed by atoms with Crippen molar-refractivity contribution in [1.82, 2.24) is 14.6 Å². The van der Waals surface area contributed by atoms with E-state index in [2.05, 4.69) is 10.1 Å². The van der Waals surface area contributed by atoms with E-state index in [1.165, 1.54) is 16.6 Å². The maximum absolute atomic E-state index is 13.0. The number of aliphatic hydroxyl groups excluding tert-OH is 2. The van der Waals surface area contributed by atoms with Crippen LogP contribution in [0.2, 0.25) is 0 Å². The summed E-state index contributed by atoms with van der Waals surface area (Å²) in [7, 11) is -4.14. The van der Waals surface area contributed by atoms with Crippen LogP contribution in [-0.4, -0.2) is 73.9 Å². The van der Waals surface area contributed by atoms with Crippen LogP contribution in [0.3, 0.4) is 0 Å². The van der Waals surface area contributed by atoms with Gasteiger partial charge in [-0.15, -0.1) is 0 Å². The molecule has 0 saturated carbocycles. The molecule has 4 N–H and O–H groups in total. The third-order valence-corrected chi connectivity index (χ3v) is 6.98. The molecule has 1 saturated heterocycles. The maximum Gasteiger partial charge on any atom is 0.510 e. The van der Waals surface area contributed by atoms with Gasteiger partial charge in [-0.1, -0.05) is 0 Å². The molecule has 210 valence electrons. The highest BCUT2D eigenvalue weighted by Crippen LogP contribution is 2.55. The van der Waals surface area contributed by atoms with E-state index in [1.807, 2.05) is 6.07 Å². The van der Waals surface area contributed by atoms with Crippen molar-refractivity contribution in [3.8, 4) is 6.07 Å². The van der Waals surface area contributed by atoms with Gasteiger partial charge in [-0.3, -0.25) is 9.05 Å². The van der Waals surface area contributed by atoms with Gasteiger partial charge in [-0.25, -0.2) is 23.4 Å². The summed E-state index contributed by atoms with van der Waals surface area (Å²) >= 11 is 0. The Kier molecular flexibility index (Phi) is 8.40. The number of aromatic nitrogens is 3. The lowest BCUT2D eigenvalue weighted by Gasteiger charge is -2.30. The minimum Gasteiger partial charge on any atom is -0.431 e. The van der Waals surface area contributed by atoms with Crippen molar-refractivity contribution in [2.45, 2.75) is 76.7 Å². The van der Waals surface area contributed by atoms with E-state index in [9.17, 15) is 24.8 Å². The summed E-state index contributed by atoms with van der Waals surface area (Å²) in [5.74, 6) is 0.127. The summed E-state index contributed by atoms with van der Waals surface area (Å²) in [5, 5.41) is 35.2. The zero-order valence-electron chi connectivity index (χ0n) is 21.9. The Balaban J connectivity index is 1.63. The van der Waals surface area contributed by atoms with Gasteiger partial charge >= 0.3 is 14.0 Å². The summed E-state index contributed by atoms with van der Waals surface area (Å²) in [6.07, 6.45) is -4.78. The molecule has 0 aromatic carbocycles. The predicted octanol–water partition coefficient (Wildman–Crippen LogP) is 2.02. The normalized spacial score (nSPS) is 24.3. The monoisotopic (exact) mass is 557 g/mol. The minimum absolute atomic E-state index is 0.0857. The first-order valence-corrected chi connectivity index (χ1v) is 13.0. The van der Waals surface area contributed by atoms with Crippen LogP contribution in [0.4, 0.5) is 10.6 Å². The van der Waals surface area contributed by atoms with Crippen LogP contribution in [0, 0.1) is 11.3 Å². The molecule has 3 rings (SSSR count). The average Bonchev–Trinajstić information content (AvgIpc) is 3.31. The topological polar surface area (TPSA) is 210 Å². The predicted molar refractivity (Wildman–Crippen MR) is 129 cm³/mol. The molecular formula is C22H32N5O10P. The lowest BCUT2D eigenvalue weighted by Crippen LogP contribution is -2.41. The molecule has 15 nitrogen and oxygen atoms in total. The Morgan fingerprint density at radius 1 is 1.21 bits per heavy atom. The first-order valence-electron chi connectivity index (χ1n) is 11.5. The van der Waals surface area contributed by atoms with Crippen molar-refractivity contribution in [2.75, 3.05) is 19.1 Å². The number of phosphoric ester groups is 1. The molecule has 2 aromatic heterocycles. The highest BCUT2D eigenvalue weighted by atomic mass is 31.2. The molecule has 0 spiro atoms. The van der Waals surface area contributed by atoms with E-state index >= 15 is 0 Å². The minimum atomic E-state index is -4.14. The Hall–Kier alpha value is -2.83. The van der Waals surface area contributed by atoms with Crippen LogP contribution in [0.5, 0.6) is 0 Å². The number of rotatable bonds is 8. The van der Waals surface area contributed by atoms with Gasteiger partial charge in [0.15, 0.2) is 5.82 Å². The van der Waals surface area contributed by atoms with E-state index in [0.717, 1.165) is 6.33 Å². The van der Waals surface area contributed by atoms with Gasteiger partial charge in [-0.05, 0) is 53.7 Å². The van der Waals surface area contributed by atoms with E-state index in [4.69, 9.17) is 33.5 Å². The largest absolute Gasteiger partial charge is 0.510 e. The molecule has 0 unspecified atom stereocenters. The summed E-state index contributed by atoms with van der Waals surface area (Å²) in [5.41, 5.74) is 2.42. The molecule has 2 aromatic rings. The average molecular weight is 557 g/mol. The van der Waals surface area contributed by atoms with Crippen LogP contribution in [0.1, 0.15) is 47.2 Å². The van der Waals surface area contributed by atoms with Crippen molar-refractivity contribution >= 4 is 25.3 Å². The number of anilines is 1. The first kappa shape index (κ1) is 29.7. The van der Waals surface area contributed by atoms with Gasteiger partial charge in [-0.2, -0.15) is 10.4 Å². The number of phosphoric acid groups is 1. The number of hydrogen-bond acceptors (Lipinski definition) is 14. The maximum atomic E-state index is 13.0. The molecule has 0 bridgehead atoms. The third kappa shape index (κ3) is 6.59. The van der Waals surface area contributed by atoms with Gasteiger partial charge in [0.1, 0.15) is 42.8 Å². The number of hydrogen-bond donors (Lipinski definition) is 3. The van der Waals surface area contributed by atoms with Gasteiger partial charge in [0.2, 0.25) is 12.4 Å². The van der Waals surface area contributed by atoms with Crippen molar-refractivity contribution in [3.63, 3.8) is 0 Å². The lowest BCUT2D eigenvalue weighted by molar-refractivity contribution is -0.0800. The van der Waals surface area contributed by atoms with Crippen LogP contribution in [-0.2, 0) is 37.9 Å². The second kappa shape index (κ2) is 10.7. The first-order chi connectivity index (χ1) is 17.5. The smallest absolute Gasteiger partial charge is 0.431 e. The van der Waals surface area contributed by atoms with Gasteiger partial charge in [0.25, 0.3) is 0 Å². The number of nitrogens with two attached hydrogens (primary N) is 1. The van der Waals surface area contributed by atoms with Crippen LogP contribution < -0.4 is 5.73 Å². The lowest BCUT2D eigenvalue weighted by atomic mass is 9.92. The second-order valence-corrected chi connectivity index (χ2v) is 11.9. The number of ether oxygens (including phenoxy) is 3. The standard InChI is InChI=1S/C22H32N5O10P/c1-20(2,3)36-38(31,37-21(4,5)6)34-12-33-19(30)32-9-14-16(28)17(29)22(10-23,35-14)15-8-7-13-18(24)25-11-26-27(13)15/h7-8,11,14,16-17,28-29H,9,12H2,1-6H3,(H2,24,25,26)/t14-,16-,17-,22+/m1/s1. The SMILES string of the molecule is CC(C)(C)OP(=O)(OCOC(=O)OC[C@H]1O[C@@](C#N)(c2ccc3c(N)ncnn23)[C@H](O)[C@@H]1O)OC(C)(C)C. The summed E-state index contributed by atoms with van der Waals surface area (Å²) in [6, 6.07) is 4.85. The quantitative estimate of drug-likeness (QED) is 0.241. The van der Waals surface area contributed by atoms with E-state index in [0.29, 0.717) is 5.52 Å². The number of nitrogen functional groups attached to an aromatic ring is 1. The second-order valence-electron chi connectivity index (χ2n) is 10.4. The van der Waals surface area contributed by atoms with Crippen molar-refractivity contribution in [2.24, 2.45) is 0 Å². The molecule has 1 aliphatic heterocycles. The fraction of sp³-hybridized carbons (Fsp3) is 0.636. The highest BCUT2D eigenvalue weighted by Gasteiger charge is 2.58. The molecule has 1 fully saturated rings. The van der Waals surface area contributed by atoms with Gasteiger partial charge in [0, 0.05) is 0 Å². The summed E-state index contributed by atoms with van der Waals surface area (Å²) < 4.78 is 45.6. The molecule has 4 atom stereocenters. The van der Waals surface area contributed by atoms with Gasteiger partial charge < -0.3 is 30.2 Å². The van der Waals surface area contributed by atoms with Crippen LogP contribution in [0.15, 0.2) is 18.5 Å². The highest BCUT2D eigenvalue weighted by molar-refractivity contribution is 7.48. The van der Waals surface area contributed by atoms with E-state index in [1.54, 1.807) is 41.5 Å². The van der Waals surface area contributed by atoms with Crippen LogP contribution >= 0.6 is 7.82 Å². The fourth-order valence-corrected chi connectivity index (χ4v) is 5.29. The molecule has 0 radical (unpaired) electrons. The number of carbonyl (C=O) groups excluding carboxylic acids is 1. The molecule has 0 aliphatic carbocycles. The number of nitrogens with zero attached hydrogens (tertiary/aromatic N) is 4. The Bertz CT molecular complexity index is 1230. The van der Waals surface area contributed by atoms with Gasteiger partial charge in [0.05, 0.1) is 16.9 Å². The van der Waals surface area contributed by atoms with Crippen molar-refractivity contribution < 1.29 is 47.4 Å². The molecule has 1 aliphatic rings. The Morgan fingerprint density at radius 2 is 1.84 bits per heavy atom. The number of nitriles is 1. The molecule has 3 heterocycles. The number of fused-ring (bicyclic) bond motifs is 1. The molecular weight excluding hydrogens is 525 g/mol. The fourth-order valence-electron chi connectivity index (χ4n) is 3.62. The molecule has 16 heteroatoms. The number of aliphatic hydroxyl groups is 2. The van der Waals surface area contributed by atoms with Crippen molar-refractivity contribution in [1.29, 1.82) is 5.26 Å². The van der Waals surface area contributed by atoms with E-state index < -0.39 is 62.5 Å². The Morgan fingerprint density at radius 3 is 2.42 bits per heavy atom.